The van der Waals surface area contributed by atoms with Crippen molar-refractivity contribution in [3.05, 3.63) is 51.5 Å². The van der Waals surface area contributed by atoms with Crippen LogP contribution in [0.15, 0.2) is 28.9 Å². The smallest absolute Gasteiger partial charge is 0.339 e. The average Bonchev–Trinajstić information content (AvgIpc) is 2.74. The van der Waals surface area contributed by atoms with Crippen molar-refractivity contribution in [2.75, 3.05) is 6.61 Å². The van der Waals surface area contributed by atoms with Gasteiger partial charge in [0.1, 0.15) is 21.5 Å². The number of esters is 1. The van der Waals surface area contributed by atoms with Gasteiger partial charge in [0.25, 0.3) is 0 Å². The van der Waals surface area contributed by atoms with Gasteiger partial charge in [-0.25, -0.2) is 9.18 Å². The van der Waals surface area contributed by atoms with E-state index in [0.29, 0.717) is 25.0 Å². The Hall–Kier alpha value is -1.49. The maximum absolute atomic E-state index is 13.0. The van der Waals surface area contributed by atoms with Crippen LogP contribution in [-0.2, 0) is 17.6 Å². The van der Waals surface area contributed by atoms with E-state index in [4.69, 9.17) is 4.74 Å². The van der Waals surface area contributed by atoms with Crippen LogP contribution >= 0.6 is 15.9 Å². The summed E-state index contributed by atoms with van der Waals surface area (Å²) in [4.78, 5) is 12.2. The number of aromatic nitrogens is 1. The third kappa shape index (κ3) is 3.29. The zero-order chi connectivity index (χ0) is 16.3. The fourth-order valence-electron chi connectivity index (χ4n) is 2.55. The Morgan fingerprint density at radius 1 is 1.36 bits per heavy atom. The highest BCUT2D eigenvalue weighted by molar-refractivity contribution is 9.10. The van der Waals surface area contributed by atoms with Crippen molar-refractivity contribution < 1.29 is 13.9 Å². The van der Waals surface area contributed by atoms with Gasteiger partial charge in [-0.2, -0.15) is 0 Å². The van der Waals surface area contributed by atoms with E-state index in [-0.39, 0.29) is 11.8 Å². The highest BCUT2D eigenvalue weighted by Gasteiger charge is 2.23. The van der Waals surface area contributed by atoms with Gasteiger partial charge in [0.2, 0.25) is 0 Å². The molecule has 0 saturated heterocycles. The molecule has 114 valence electrons. The Bertz CT molecular complexity index is 686. The molecular formula is C15H17B2BrFNO2. The lowest BCUT2D eigenvalue weighted by molar-refractivity contribution is 0.0527. The fraction of sp³-hybridized carbons (Fsp3) is 0.267. The Morgan fingerprint density at radius 2 is 2.00 bits per heavy atom. The summed E-state index contributed by atoms with van der Waals surface area (Å²) in [6, 6.07) is 6.39. The van der Waals surface area contributed by atoms with Crippen LogP contribution in [0.1, 0.15) is 28.5 Å². The van der Waals surface area contributed by atoms with Gasteiger partial charge in [0.05, 0.1) is 16.8 Å². The summed E-state index contributed by atoms with van der Waals surface area (Å²) in [5, 5.41) is 0. The minimum Gasteiger partial charge on any atom is -0.462 e. The van der Waals surface area contributed by atoms with Gasteiger partial charge in [0.15, 0.2) is 0 Å². The van der Waals surface area contributed by atoms with Gasteiger partial charge < -0.3 is 9.30 Å². The van der Waals surface area contributed by atoms with E-state index in [1.165, 1.54) is 12.1 Å². The minimum atomic E-state index is -0.296. The first kappa shape index (κ1) is 16.9. The van der Waals surface area contributed by atoms with Crippen molar-refractivity contribution in [2.24, 2.45) is 0 Å². The first-order valence-electron chi connectivity index (χ1n) is 7.28. The monoisotopic (exact) mass is 363 g/mol. The SMILES string of the molecule is BCc1c(C(=O)OCC)c(B)c(Br)n1Cc1ccc(F)cc1. The molecule has 0 atom stereocenters. The minimum absolute atomic E-state index is 0.255. The second-order valence-corrected chi connectivity index (χ2v) is 5.78. The van der Waals surface area contributed by atoms with E-state index in [1.807, 2.05) is 20.3 Å². The highest BCUT2D eigenvalue weighted by atomic mass is 79.9. The van der Waals surface area contributed by atoms with Crippen LogP contribution in [0.3, 0.4) is 0 Å². The van der Waals surface area contributed by atoms with Crippen LogP contribution in [0.25, 0.3) is 0 Å². The summed E-state index contributed by atoms with van der Waals surface area (Å²) in [7, 11) is 3.90. The first-order chi connectivity index (χ1) is 10.5. The maximum Gasteiger partial charge on any atom is 0.339 e. The van der Waals surface area contributed by atoms with E-state index >= 15 is 0 Å². The van der Waals surface area contributed by atoms with Crippen LogP contribution < -0.4 is 5.46 Å². The summed E-state index contributed by atoms with van der Waals surface area (Å²) < 4.78 is 21.1. The molecule has 1 aromatic heterocycles. The molecule has 0 N–H and O–H groups in total. The summed E-state index contributed by atoms with van der Waals surface area (Å²) in [5.74, 6) is -0.551. The molecule has 0 aliphatic heterocycles. The molecule has 22 heavy (non-hydrogen) atoms. The second-order valence-electron chi connectivity index (χ2n) is 5.02. The van der Waals surface area contributed by atoms with Gasteiger partial charge in [-0.05, 0) is 52.3 Å². The molecule has 1 heterocycles. The summed E-state index contributed by atoms with van der Waals surface area (Å²) in [5.41, 5.74) is 3.39. The van der Waals surface area contributed by atoms with Crippen molar-refractivity contribution in [2.45, 2.75) is 19.8 Å². The van der Waals surface area contributed by atoms with Gasteiger partial charge in [0, 0.05) is 12.2 Å². The fourth-order valence-corrected chi connectivity index (χ4v) is 3.09. The number of halogens is 2. The van der Waals surface area contributed by atoms with Crippen LogP contribution in [-0.4, -0.2) is 32.8 Å². The molecule has 7 heteroatoms. The van der Waals surface area contributed by atoms with Gasteiger partial charge in [-0.15, -0.1) is 0 Å². The molecule has 0 saturated carbocycles. The van der Waals surface area contributed by atoms with Crippen LogP contribution in [0.4, 0.5) is 4.39 Å². The quantitative estimate of drug-likeness (QED) is 0.586. The van der Waals surface area contributed by atoms with Crippen molar-refractivity contribution >= 4 is 43.1 Å². The van der Waals surface area contributed by atoms with Gasteiger partial charge >= 0.3 is 5.97 Å². The van der Waals surface area contributed by atoms with Crippen molar-refractivity contribution in [3.8, 4) is 0 Å². The summed E-state index contributed by atoms with van der Waals surface area (Å²) in [6.45, 7) is 2.72. The van der Waals surface area contributed by atoms with Gasteiger partial charge in [-0.1, -0.05) is 12.1 Å². The van der Waals surface area contributed by atoms with Crippen molar-refractivity contribution in [3.63, 3.8) is 0 Å². The molecule has 1 aromatic carbocycles. The lowest BCUT2D eigenvalue weighted by Crippen LogP contribution is -2.17. The highest BCUT2D eigenvalue weighted by Crippen LogP contribution is 2.21. The van der Waals surface area contributed by atoms with Crippen molar-refractivity contribution in [1.82, 2.24) is 4.57 Å². The third-order valence-electron chi connectivity index (χ3n) is 3.60. The largest absolute Gasteiger partial charge is 0.462 e. The van der Waals surface area contributed by atoms with E-state index in [9.17, 15) is 9.18 Å². The molecule has 0 bridgehead atoms. The molecule has 3 nitrogen and oxygen atoms in total. The molecule has 0 amide bonds. The standard InChI is InChI=1S/C15H17B2BrFNO2/c1-2-22-15(21)12-11(7-16)20(14(18)13(12)17)8-9-3-5-10(19)6-4-9/h3-6H,2,7-8,16-17H2,1H3. The number of hydrogen-bond donors (Lipinski definition) is 0. The third-order valence-corrected chi connectivity index (χ3v) is 4.63. The van der Waals surface area contributed by atoms with E-state index in [1.54, 1.807) is 19.1 Å². The summed E-state index contributed by atoms with van der Waals surface area (Å²) in [6.07, 6.45) is 0.710. The molecule has 0 spiro atoms. The molecule has 0 unspecified atom stereocenters. The maximum atomic E-state index is 13.0. The van der Waals surface area contributed by atoms with Gasteiger partial charge in [-0.3, -0.25) is 0 Å². The Labute approximate surface area is 139 Å². The molecule has 0 radical (unpaired) electrons. The molecule has 0 aliphatic carbocycles. The number of benzene rings is 1. The van der Waals surface area contributed by atoms with Crippen LogP contribution in [0.2, 0.25) is 0 Å². The molecule has 2 aromatic rings. The molecule has 0 aliphatic rings. The number of carbonyl (C=O) groups is 1. The normalized spacial score (nSPS) is 10.7. The molecule has 0 fully saturated rings. The van der Waals surface area contributed by atoms with E-state index in [0.717, 1.165) is 21.3 Å². The van der Waals surface area contributed by atoms with E-state index < -0.39 is 0 Å². The predicted octanol–water partition coefficient (Wildman–Crippen LogP) is 1.01. The number of hydrogen-bond acceptors (Lipinski definition) is 2. The Balaban J connectivity index is 2.45. The van der Waals surface area contributed by atoms with Crippen LogP contribution in [0.5, 0.6) is 0 Å². The first-order valence-corrected chi connectivity index (χ1v) is 8.07. The van der Waals surface area contributed by atoms with E-state index in [2.05, 4.69) is 15.9 Å². The average molecular weight is 364 g/mol. The Kier molecular flexibility index (Phi) is 5.51. The number of carbonyl (C=O) groups excluding carboxylic acids is 1. The molecular weight excluding hydrogens is 347 g/mol. The predicted molar refractivity (Wildman–Crippen MR) is 94.0 cm³/mol. The summed E-state index contributed by atoms with van der Waals surface area (Å²) >= 11 is 3.57. The topological polar surface area (TPSA) is 31.2 Å². The number of ether oxygens (including phenoxy) is 1. The zero-order valence-corrected chi connectivity index (χ0v) is 14.5. The van der Waals surface area contributed by atoms with Crippen molar-refractivity contribution in [1.29, 1.82) is 0 Å². The Morgan fingerprint density at radius 3 is 2.55 bits per heavy atom. The zero-order valence-electron chi connectivity index (χ0n) is 13.0. The second kappa shape index (κ2) is 7.18. The van der Waals surface area contributed by atoms with Crippen LogP contribution in [0, 0.1) is 5.82 Å². The lowest BCUT2D eigenvalue weighted by atomic mass is 9.90. The number of nitrogens with zero attached hydrogens (tertiary/aromatic N) is 1. The molecule has 2 rings (SSSR count). The lowest BCUT2D eigenvalue weighted by Gasteiger charge is -2.11. The number of rotatable bonds is 5.